The zero-order valence-electron chi connectivity index (χ0n) is 12.9. The van der Waals surface area contributed by atoms with Crippen molar-refractivity contribution < 1.29 is 0 Å². The lowest BCUT2D eigenvalue weighted by molar-refractivity contribution is 0.847. The second-order valence-electron chi connectivity index (χ2n) is 5.64. The van der Waals surface area contributed by atoms with Crippen molar-refractivity contribution >= 4 is 11.3 Å². The quantitative estimate of drug-likeness (QED) is 0.721. The van der Waals surface area contributed by atoms with Gasteiger partial charge in [-0.3, -0.25) is 0 Å². The molecule has 0 aliphatic carbocycles. The summed E-state index contributed by atoms with van der Waals surface area (Å²) in [5.41, 5.74) is 6.69. The van der Waals surface area contributed by atoms with Gasteiger partial charge in [0.15, 0.2) is 0 Å². The molecule has 106 valence electrons. The largest absolute Gasteiger partial charge is 0.340 e. The van der Waals surface area contributed by atoms with E-state index < -0.39 is 0 Å². The molecule has 21 heavy (non-hydrogen) atoms. The van der Waals surface area contributed by atoms with Crippen molar-refractivity contribution in [3.63, 3.8) is 0 Å². The normalized spacial score (nSPS) is 18.7. The first kappa shape index (κ1) is 13.7. The highest BCUT2D eigenvalue weighted by Gasteiger charge is 2.24. The second-order valence-corrected chi connectivity index (χ2v) is 5.64. The summed E-state index contributed by atoms with van der Waals surface area (Å²) in [6.45, 7) is 6.70. The van der Waals surface area contributed by atoms with Gasteiger partial charge in [0, 0.05) is 11.9 Å². The van der Waals surface area contributed by atoms with Crippen molar-refractivity contribution in [2.45, 2.75) is 26.8 Å². The lowest BCUT2D eigenvalue weighted by atomic mass is 9.88. The van der Waals surface area contributed by atoms with Crippen molar-refractivity contribution in [3.8, 4) is 0 Å². The van der Waals surface area contributed by atoms with E-state index in [1.807, 2.05) is 0 Å². The highest BCUT2D eigenvalue weighted by atomic mass is 15.1. The van der Waals surface area contributed by atoms with Crippen LogP contribution in [-0.2, 0) is 0 Å². The summed E-state index contributed by atoms with van der Waals surface area (Å²) >= 11 is 0. The Morgan fingerprint density at radius 3 is 2.00 bits per heavy atom. The molecular formula is C20H21N. The summed E-state index contributed by atoms with van der Waals surface area (Å²) in [7, 11) is 0. The van der Waals surface area contributed by atoms with Gasteiger partial charge in [0.25, 0.3) is 0 Å². The Labute approximate surface area is 127 Å². The third-order valence-electron chi connectivity index (χ3n) is 4.30. The maximum atomic E-state index is 2.37. The Morgan fingerprint density at radius 2 is 1.38 bits per heavy atom. The zero-order chi connectivity index (χ0) is 14.8. The van der Waals surface area contributed by atoms with Crippen molar-refractivity contribution in [3.05, 3.63) is 83.6 Å². The maximum Gasteiger partial charge on any atom is 0.0566 e. The predicted octanol–water partition coefficient (Wildman–Crippen LogP) is 5.27. The molecule has 0 N–H and O–H groups in total. The average Bonchev–Trinajstić information content (AvgIpc) is 2.53. The molecule has 0 saturated carbocycles. The third-order valence-corrected chi connectivity index (χ3v) is 4.30. The van der Waals surface area contributed by atoms with Crippen LogP contribution < -0.4 is 4.90 Å². The van der Waals surface area contributed by atoms with Crippen LogP contribution >= 0.6 is 0 Å². The number of hydrogen-bond acceptors (Lipinski definition) is 1. The first-order chi connectivity index (χ1) is 10.2. The first-order valence-corrected chi connectivity index (χ1v) is 7.47. The van der Waals surface area contributed by atoms with Gasteiger partial charge in [0.2, 0.25) is 0 Å². The van der Waals surface area contributed by atoms with Gasteiger partial charge in [-0.15, -0.1) is 0 Å². The number of nitrogens with zero attached hydrogens (tertiary/aromatic N) is 1. The molecule has 0 amide bonds. The van der Waals surface area contributed by atoms with Gasteiger partial charge in [-0.25, -0.2) is 0 Å². The minimum atomic E-state index is 0.332. The topological polar surface area (TPSA) is 3.24 Å². The Hall–Kier alpha value is -2.28. The van der Waals surface area contributed by atoms with Crippen LogP contribution in [0.4, 0.5) is 5.69 Å². The number of benzene rings is 2. The third kappa shape index (κ3) is 2.52. The molecule has 1 heteroatoms. The van der Waals surface area contributed by atoms with Gasteiger partial charge >= 0.3 is 0 Å². The van der Waals surface area contributed by atoms with E-state index in [2.05, 4.69) is 92.5 Å². The molecule has 1 nitrogen and oxygen atoms in total. The standard InChI is InChI=1S/C20H21N/c1-15-14-21(19-12-8-5-9-13-19)17(3)20(16(15)2)18-10-6-4-7-11-18/h4-14,17H,1-3H3. The van der Waals surface area contributed by atoms with Crippen LogP contribution in [0.2, 0.25) is 0 Å². The number of hydrogen-bond donors (Lipinski definition) is 0. The Morgan fingerprint density at radius 1 is 0.810 bits per heavy atom. The fourth-order valence-corrected chi connectivity index (χ4v) is 3.06. The van der Waals surface area contributed by atoms with Crippen LogP contribution in [0, 0.1) is 0 Å². The second kappa shape index (κ2) is 5.61. The lowest BCUT2D eigenvalue weighted by Gasteiger charge is -2.36. The van der Waals surface area contributed by atoms with E-state index in [1.165, 1.54) is 28.0 Å². The van der Waals surface area contributed by atoms with E-state index in [9.17, 15) is 0 Å². The monoisotopic (exact) mass is 275 g/mol. The minimum absolute atomic E-state index is 0.332. The summed E-state index contributed by atoms with van der Waals surface area (Å²) < 4.78 is 0. The smallest absolute Gasteiger partial charge is 0.0566 e. The number of allylic oxidation sites excluding steroid dienone is 2. The summed E-state index contributed by atoms with van der Waals surface area (Å²) in [5, 5.41) is 0. The lowest BCUT2D eigenvalue weighted by Crippen LogP contribution is -2.32. The predicted molar refractivity (Wildman–Crippen MR) is 91.2 cm³/mol. The van der Waals surface area contributed by atoms with E-state index in [0.29, 0.717) is 6.04 Å². The Kier molecular flexibility index (Phi) is 3.66. The molecule has 0 radical (unpaired) electrons. The van der Waals surface area contributed by atoms with Crippen molar-refractivity contribution in [2.24, 2.45) is 0 Å². The van der Waals surface area contributed by atoms with Gasteiger partial charge in [-0.2, -0.15) is 0 Å². The number of para-hydroxylation sites is 1. The molecule has 1 unspecified atom stereocenters. The molecule has 0 fully saturated rings. The van der Waals surface area contributed by atoms with Gasteiger partial charge in [-0.05, 0) is 55.2 Å². The Balaban J connectivity index is 2.08. The van der Waals surface area contributed by atoms with Gasteiger partial charge in [-0.1, -0.05) is 48.5 Å². The van der Waals surface area contributed by atoms with E-state index in [0.717, 1.165) is 0 Å². The van der Waals surface area contributed by atoms with E-state index in [4.69, 9.17) is 0 Å². The summed E-state index contributed by atoms with van der Waals surface area (Å²) in [6.07, 6.45) is 2.27. The van der Waals surface area contributed by atoms with Crippen LogP contribution in [0.25, 0.3) is 5.57 Å². The van der Waals surface area contributed by atoms with E-state index in [-0.39, 0.29) is 0 Å². The summed E-state index contributed by atoms with van der Waals surface area (Å²) in [5.74, 6) is 0. The van der Waals surface area contributed by atoms with E-state index in [1.54, 1.807) is 0 Å². The molecule has 1 aliphatic heterocycles. The molecule has 0 saturated heterocycles. The highest BCUT2D eigenvalue weighted by Crippen LogP contribution is 2.36. The van der Waals surface area contributed by atoms with Crippen LogP contribution in [0.1, 0.15) is 26.3 Å². The van der Waals surface area contributed by atoms with Crippen LogP contribution in [0.5, 0.6) is 0 Å². The van der Waals surface area contributed by atoms with Gasteiger partial charge < -0.3 is 4.90 Å². The molecule has 2 aromatic carbocycles. The molecule has 2 aromatic rings. The highest BCUT2D eigenvalue weighted by molar-refractivity contribution is 5.81. The molecule has 0 spiro atoms. The van der Waals surface area contributed by atoms with Crippen LogP contribution in [-0.4, -0.2) is 6.04 Å². The fraction of sp³-hybridized carbons (Fsp3) is 0.200. The van der Waals surface area contributed by atoms with Crippen LogP contribution in [0.15, 0.2) is 78.0 Å². The summed E-state index contributed by atoms with van der Waals surface area (Å²) in [6, 6.07) is 21.6. The SMILES string of the molecule is CC1=CN(c2ccccc2)C(C)C(c2ccccc2)=C1C. The molecule has 0 aromatic heterocycles. The van der Waals surface area contributed by atoms with Crippen molar-refractivity contribution in [1.29, 1.82) is 0 Å². The zero-order valence-corrected chi connectivity index (χ0v) is 12.9. The molecule has 0 bridgehead atoms. The van der Waals surface area contributed by atoms with Crippen LogP contribution in [0.3, 0.4) is 0 Å². The van der Waals surface area contributed by atoms with Crippen molar-refractivity contribution in [1.82, 2.24) is 0 Å². The fourth-order valence-electron chi connectivity index (χ4n) is 3.06. The van der Waals surface area contributed by atoms with E-state index >= 15 is 0 Å². The molecule has 1 atom stereocenters. The Bertz CT molecular complexity index is 680. The molecular weight excluding hydrogens is 254 g/mol. The maximum absolute atomic E-state index is 2.37. The molecule has 1 aliphatic rings. The van der Waals surface area contributed by atoms with Crippen molar-refractivity contribution in [2.75, 3.05) is 4.90 Å². The molecule has 3 rings (SSSR count). The first-order valence-electron chi connectivity index (χ1n) is 7.47. The van der Waals surface area contributed by atoms with Gasteiger partial charge in [0.05, 0.1) is 6.04 Å². The number of rotatable bonds is 2. The van der Waals surface area contributed by atoms with Gasteiger partial charge in [0.1, 0.15) is 0 Å². The molecule has 1 heterocycles. The number of anilines is 1. The summed E-state index contributed by atoms with van der Waals surface area (Å²) in [4.78, 5) is 2.37. The average molecular weight is 275 g/mol. The minimum Gasteiger partial charge on any atom is -0.340 e.